The van der Waals surface area contributed by atoms with Gasteiger partial charge in [-0.3, -0.25) is 5.32 Å². The number of hydrogen-bond acceptors (Lipinski definition) is 1. The molecule has 1 N–H and O–H groups in total. The molecule has 1 aliphatic rings. The highest BCUT2D eigenvalue weighted by Gasteiger charge is 2.65. The minimum Gasteiger partial charge on any atom is -0.294 e. The van der Waals surface area contributed by atoms with Gasteiger partial charge in [0.05, 0.1) is 11.1 Å². The monoisotopic (exact) mass is 359 g/mol. The zero-order chi connectivity index (χ0) is 15.4. The highest BCUT2D eigenvalue weighted by Crippen LogP contribution is 2.59. The lowest BCUT2D eigenvalue weighted by Gasteiger charge is -2.21. The van der Waals surface area contributed by atoms with Gasteiger partial charge in [0.15, 0.2) is 0 Å². The van der Waals surface area contributed by atoms with Gasteiger partial charge in [0, 0.05) is 31.2 Å². The fourth-order valence-corrected chi connectivity index (χ4v) is 4.60. The molecule has 1 aliphatic heterocycles. The van der Waals surface area contributed by atoms with Crippen LogP contribution in [0, 0.1) is 0 Å². The van der Waals surface area contributed by atoms with E-state index in [2.05, 4.69) is 19.2 Å². The summed E-state index contributed by atoms with van der Waals surface area (Å²) in [5.74, 6) is 0. The molecule has 0 bridgehead atoms. The van der Waals surface area contributed by atoms with Crippen LogP contribution in [0.4, 0.5) is 0 Å². The third-order valence-electron chi connectivity index (χ3n) is 4.36. The van der Waals surface area contributed by atoms with Crippen LogP contribution in [-0.4, -0.2) is 0 Å². The van der Waals surface area contributed by atoms with Gasteiger partial charge in [-0.1, -0.05) is 58.5 Å². The van der Waals surface area contributed by atoms with Crippen molar-refractivity contribution in [3.8, 4) is 0 Å². The molecule has 0 amide bonds. The van der Waals surface area contributed by atoms with Crippen molar-refractivity contribution >= 4 is 46.4 Å². The maximum absolute atomic E-state index is 6.36. The molecule has 1 heterocycles. The molecule has 5 heteroatoms. The van der Waals surface area contributed by atoms with Gasteiger partial charge in [-0.05, 0) is 38.1 Å². The summed E-state index contributed by atoms with van der Waals surface area (Å²) >= 11 is 25.4. The van der Waals surface area contributed by atoms with E-state index in [1.807, 2.05) is 36.4 Å². The Morgan fingerprint density at radius 3 is 1.24 bits per heavy atom. The summed E-state index contributed by atoms with van der Waals surface area (Å²) in [6, 6.07) is 11.0. The van der Waals surface area contributed by atoms with Gasteiger partial charge >= 0.3 is 0 Å². The van der Waals surface area contributed by atoms with Gasteiger partial charge in [0.25, 0.3) is 0 Å². The summed E-state index contributed by atoms with van der Waals surface area (Å²) in [6.07, 6.45) is 0. The number of benzene rings is 2. The summed E-state index contributed by atoms with van der Waals surface area (Å²) in [4.78, 5) is 0. The third kappa shape index (κ3) is 2.18. The average Bonchev–Trinajstić information content (AvgIpc) is 2.92. The van der Waals surface area contributed by atoms with E-state index in [4.69, 9.17) is 46.4 Å². The quantitative estimate of drug-likeness (QED) is 0.648. The number of nitrogens with one attached hydrogen (secondary N) is 1. The smallest absolute Gasteiger partial charge is 0.0668 e. The van der Waals surface area contributed by atoms with Crippen molar-refractivity contribution < 1.29 is 0 Å². The third-order valence-corrected chi connectivity index (χ3v) is 5.62. The molecular weight excluding hydrogens is 348 g/mol. The van der Waals surface area contributed by atoms with E-state index in [0.29, 0.717) is 20.1 Å². The lowest BCUT2D eigenvalue weighted by atomic mass is 9.84. The first-order chi connectivity index (χ1) is 9.81. The molecule has 0 aliphatic carbocycles. The lowest BCUT2D eigenvalue weighted by molar-refractivity contribution is 0.620. The van der Waals surface area contributed by atoms with Crippen molar-refractivity contribution in [1.82, 2.24) is 5.32 Å². The van der Waals surface area contributed by atoms with Crippen LogP contribution in [0.5, 0.6) is 0 Å². The first-order valence-electron chi connectivity index (χ1n) is 6.49. The van der Waals surface area contributed by atoms with Crippen LogP contribution >= 0.6 is 46.4 Å². The molecule has 2 atom stereocenters. The molecule has 1 saturated heterocycles. The molecule has 1 nitrogen and oxygen atoms in total. The first kappa shape index (κ1) is 15.5. The van der Waals surface area contributed by atoms with Crippen LogP contribution < -0.4 is 5.32 Å². The minimum atomic E-state index is -0.420. The first-order valence-corrected chi connectivity index (χ1v) is 8.01. The predicted octanol–water partition coefficient (Wildman–Crippen LogP) is 6.03. The van der Waals surface area contributed by atoms with Crippen LogP contribution in [0.25, 0.3) is 0 Å². The van der Waals surface area contributed by atoms with Crippen molar-refractivity contribution in [3.63, 3.8) is 0 Å². The molecule has 1 fully saturated rings. The Morgan fingerprint density at radius 2 is 0.952 bits per heavy atom. The zero-order valence-electron chi connectivity index (χ0n) is 11.5. The predicted molar refractivity (Wildman–Crippen MR) is 90.8 cm³/mol. The van der Waals surface area contributed by atoms with Crippen molar-refractivity contribution in [2.75, 3.05) is 0 Å². The molecule has 0 aromatic heterocycles. The van der Waals surface area contributed by atoms with E-state index in [-0.39, 0.29) is 0 Å². The van der Waals surface area contributed by atoms with E-state index < -0.39 is 11.1 Å². The Bertz CT molecular complexity index is 628. The summed E-state index contributed by atoms with van der Waals surface area (Å²) < 4.78 is 0. The largest absolute Gasteiger partial charge is 0.294 e. The van der Waals surface area contributed by atoms with Gasteiger partial charge in [0.1, 0.15) is 0 Å². The summed E-state index contributed by atoms with van der Waals surface area (Å²) in [6.45, 7) is 4.11. The van der Waals surface area contributed by atoms with Gasteiger partial charge in [-0.2, -0.15) is 0 Å². The fraction of sp³-hybridized carbons (Fsp3) is 0.250. The second-order valence-corrected chi connectivity index (χ2v) is 7.20. The van der Waals surface area contributed by atoms with Crippen molar-refractivity contribution in [1.29, 1.82) is 0 Å². The van der Waals surface area contributed by atoms with Crippen LogP contribution in [0.15, 0.2) is 36.4 Å². The van der Waals surface area contributed by atoms with E-state index >= 15 is 0 Å². The maximum atomic E-state index is 6.36. The molecule has 0 saturated carbocycles. The molecule has 0 spiro atoms. The normalized spacial score (nSPS) is 27.7. The van der Waals surface area contributed by atoms with E-state index in [0.717, 1.165) is 11.1 Å². The van der Waals surface area contributed by atoms with Gasteiger partial charge in [-0.25, -0.2) is 0 Å². The van der Waals surface area contributed by atoms with Gasteiger partial charge < -0.3 is 0 Å². The second kappa shape index (κ2) is 5.04. The van der Waals surface area contributed by atoms with E-state index in [9.17, 15) is 0 Å². The molecule has 2 aromatic carbocycles. The van der Waals surface area contributed by atoms with Crippen LogP contribution in [0.3, 0.4) is 0 Å². The second-order valence-electron chi connectivity index (χ2n) is 5.57. The van der Waals surface area contributed by atoms with Crippen molar-refractivity contribution in [3.05, 3.63) is 67.6 Å². The Balaban J connectivity index is 2.16. The molecule has 2 unspecified atom stereocenters. The Hall–Kier alpha value is -0.440. The van der Waals surface area contributed by atoms with Crippen molar-refractivity contribution in [2.45, 2.75) is 24.9 Å². The maximum Gasteiger partial charge on any atom is 0.0668 e. The van der Waals surface area contributed by atoms with Crippen molar-refractivity contribution in [2.24, 2.45) is 0 Å². The zero-order valence-corrected chi connectivity index (χ0v) is 14.5. The molecule has 21 heavy (non-hydrogen) atoms. The van der Waals surface area contributed by atoms with E-state index in [1.165, 1.54) is 0 Å². The number of halogens is 4. The van der Waals surface area contributed by atoms with Gasteiger partial charge in [0.2, 0.25) is 0 Å². The molecule has 110 valence electrons. The number of rotatable bonds is 2. The van der Waals surface area contributed by atoms with E-state index in [1.54, 1.807) is 0 Å². The average molecular weight is 361 g/mol. The van der Waals surface area contributed by atoms with Crippen LogP contribution in [-0.2, 0) is 11.1 Å². The SMILES string of the molecule is CC1(c2c(Cl)cccc2Cl)NC1(C)c1c(Cl)cccc1Cl. The van der Waals surface area contributed by atoms with Gasteiger partial charge in [-0.15, -0.1) is 0 Å². The standard InChI is InChI=1S/C16H13Cl4N/c1-15(13-9(17)5-3-6-10(13)18)16(2,21-15)14-11(19)7-4-8-12(14)20/h3-8,21H,1-2H3. The highest BCUT2D eigenvalue weighted by molar-refractivity contribution is 6.37. The summed E-state index contributed by atoms with van der Waals surface area (Å²) in [5.41, 5.74) is 0.896. The Morgan fingerprint density at radius 1 is 0.667 bits per heavy atom. The molecule has 2 aromatic rings. The Kier molecular flexibility index (Phi) is 3.71. The summed E-state index contributed by atoms with van der Waals surface area (Å²) in [7, 11) is 0. The minimum absolute atomic E-state index is 0.420. The number of hydrogen-bond donors (Lipinski definition) is 1. The van der Waals surface area contributed by atoms with Crippen LogP contribution in [0.2, 0.25) is 20.1 Å². The fourth-order valence-electron chi connectivity index (χ4n) is 3.04. The molecule has 0 radical (unpaired) electrons. The summed E-state index contributed by atoms with van der Waals surface area (Å²) in [5, 5.41) is 6.00. The highest BCUT2D eigenvalue weighted by atomic mass is 35.5. The Labute approximate surface area is 144 Å². The molecule has 3 rings (SSSR count). The lowest BCUT2D eigenvalue weighted by Crippen LogP contribution is -2.18. The molecular formula is C16H13Cl4N. The van der Waals surface area contributed by atoms with Crippen LogP contribution in [0.1, 0.15) is 25.0 Å². The topological polar surface area (TPSA) is 21.9 Å².